The van der Waals surface area contributed by atoms with Crippen LogP contribution in [0.3, 0.4) is 0 Å². The molecule has 1 N–H and O–H groups in total. The third-order valence-corrected chi connectivity index (χ3v) is 4.64. The molecule has 2 heterocycles. The highest BCUT2D eigenvalue weighted by atomic mass is 32.1. The Bertz CT molecular complexity index is 389. The van der Waals surface area contributed by atoms with Crippen LogP contribution in [0.15, 0.2) is 0 Å². The van der Waals surface area contributed by atoms with Crippen LogP contribution in [0.1, 0.15) is 43.7 Å². The van der Waals surface area contributed by atoms with E-state index >= 15 is 0 Å². The molecule has 1 aliphatic heterocycles. The molecule has 1 fully saturated rings. The summed E-state index contributed by atoms with van der Waals surface area (Å²) in [7, 11) is 0. The third kappa shape index (κ3) is 3.68. The lowest BCUT2D eigenvalue weighted by Gasteiger charge is -2.23. The van der Waals surface area contributed by atoms with Crippen molar-refractivity contribution < 1.29 is 9.84 Å². The molecule has 0 spiro atoms. The van der Waals surface area contributed by atoms with E-state index in [1.54, 1.807) is 11.3 Å². The van der Waals surface area contributed by atoms with Gasteiger partial charge in [0.25, 0.3) is 0 Å². The van der Waals surface area contributed by atoms with Crippen LogP contribution >= 0.6 is 11.3 Å². The van der Waals surface area contributed by atoms with E-state index in [-0.39, 0.29) is 6.61 Å². The first-order valence-electron chi connectivity index (χ1n) is 7.24. The number of rotatable bonds is 7. The van der Waals surface area contributed by atoms with Gasteiger partial charge in [0.05, 0.1) is 23.3 Å². The van der Waals surface area contributed by atoms with E-state index in [1.807, 2.05) is 0 Å². The normalized spacial score (nSPS) is 19.0. The Kier molecular flexibility index (Phi) is 5.60. The molecule has 0 bridgehead atoms. The Labute approximate surface area is 119 Å². The van der Waals surface area contributed by atoms with Crippen molar-refractivity contribution in [3.63, 3.8) is 0 Å². The minimum atomic E-state index is 0.102. The number of aliphatic hydroxyl groups is 1. The number of hydrogen-bond acceptors (Lipinski definition) is 5. The Hall–Kier alpha value is -0.650. The van der Waals surface area contributed by atoms with E-state index in [4.69, 9.17) is 9.72 Å². The average Bonchev–Trinajstić information content (AvgIpc) is 3.05. The van der Waals surface area contributed by atoms with Gasteiger partial charge in [0.15, 0.2) is 5.13 Å². The lowest BCUT2D eigenvalue weighted by Crippen LogP contribution is -2.31. The highest BCUT2D eigenvalue weighted by Gasteiger charge is 2.21. The summed E-state index contributed by atoms with van der Waals surface area (Å²) in [6, 6.07) is 0. The topological polar surface area (TPSA) is 45.6 Å². The van der Waals surface area contributed by atoms with Gasteiger partial charge >= 0.3 is 0 Å². The summed E-state index contributed by atoms with van der Waals surface area (Å²) >= 11 is 1.62. The number of nitrogens with zero attached hydrogens (tertiary/aromatic N) is 2. The molecule has 5 heteroatoms. The summed E-state index contributed by atoms with van der Waals surface area (Å²) in [4.78, 5) is 8.01. The monoisotopic (exact) mass is 284 g/mol. The number of aliphatic hydroxyl groups excluding tert-OH is 1. The van der Waals surface area contributed by atoms with Crippen molar-refractivity contribution in [3.8, 4) is 0 Å². The molecule has 0 amide bonds. The minimum Gasteiger partial charge on any atom is -0.391 e. The van der Waals surface area contributed by atoms with Crippen molar-refractivity contribution in [1.29, 1.82) is 0 Å². The van der Waals surface area contributed by atoms with Crippen LogP contribution in [0.25, 0.3) is 0 Å². The van der Waals surface area contributed by atoms with E-state index in [9.17, 15) is 5.11 Å². The van der Waals surface area contributed by atoms with Crippen molar-refractivity contribution in [1.82, 2.24) is 4.98 Å². The first-order valence-corrected chi connectivity index (χ1v) is 8.06. The second-order valence-electron chi connectivity index (χ2n) is 4.95. The molecule has 1 atom stereocenters. The highest BCUT2D eigenvalue weighted by Crippen LogP contribution is 2.28. The molecular weight excluding hydrogens is 260 g/mol. The summed E-state index contributed by atoms with van der Waals surface area (Å²) < 4.78 is 5.70. The van der Waals surface area contributed by atoms with Crippen molar-refractivity contribution >= 4 is 16.5 Å². The molecule has 0 aliphatic carbocycles. The fraction of sp³-hybridized carbons (Fsp3) is 0.786. The summed E-state index contributed by atoms with van der Waals surface area (Å²) in [5, 5.41) is 10.5. The molecule has 1 saturated heterocycles. The molecule has 1 aromatic heterocycles. The van der Waals surface area contributed by atoms with Crippen LogP contribution in [0.2, 0.25) is 0 Å². The molecule has 1 aromatic rings. The van der Waals surface area contributed by atoms with Gasteiger partial charge < -0.3 is 14.7 Å². The fourth-order valence-electron chi connectivity index (χ4n) is 2.44. The molecule has 108 valence electrons. The second-order valence-corrected chi connectivity index (χ2v) is 6.01. The van der Waals surface area contributed by atoms with Crippen molar-refractivity contribution in [3.05, 3.63) is 10.6 Å². The number of ether oxygens (including phenoxy) is 1. The standard InChI is InChI=1S/C14H24N2O2S/c1-3-6-12-13(10-17)19-14(15-12)16(4-2)9-11-7-5-8-18-11/h11,17H,3-10H2,1-2H3. The van der Waals surface area contributed by atoms with Gasteiger partial charge in [0, 0.05) is 19.7 Å². The van der Waals surface area contributed by atoms with E-state index < -0.39 is 0 Å². The average molecular weight is 284 g/mol. The quantitative estimate of drug-likeness (QED) is 0.836. The lowest BCUT2D eigenvalue weighted by atomic mass is 10.2. The lowest BCUT2D eigenvalue weighted by molar-refractivity contribution is 0.115. The maximum absolute atomic E-state index is 9.42. The summed E-state index contributed by atoms with van der Waals surface area (Å²) in [6.45, 7) is 7.14. The largest absolute Gasteiger partial charge is 0.391 e. The minimum absolute atomic E-state index is 0.102. The van der Waals surface area contributed by atoms with Gasteiger partial charge in [-0.3, -0.25) is 0 Å². The highest BCUT2D eigenvalue weighted by molar-refractivity contribution is 7.15. The molecule has 1 unspecified atom stereocenters. The molecule has 0 saturated carbocycles. The predicted octanol–water partition coefficient (Wildman–Crippen LogP) is 2.59. The first-order chi connectivity index (χ1) is 9.28. The van der Waals surface area contributed by atoms with Gasteiger partial charge in [0.2, 0.25) is 0 Å². The predicted molar refractivity (Wildman–Crippen MR) is 78.9 cm³/mol. The van der Waals surface area contributed by atoms with E-state index in [0.717, 1.165) is 54.7 Å². The zero-order chi connectivity index (χ0) is 13.7. The Morgan fingerprint density at radius 3 is 2.89 bits per heavy atom. The smallest absolute Gasteiger partial charge is 0.185 e. The molecule has 0 radical (unpaired) electrons. The summed E-state index contributed by atoms with van der Waals surface area (Å²) in [5.41, 5.74) is 1.07. The number of anilines is 1. The van der Waals surface area contributed by atoms with E-state index in [0.29, 0.717) is 6.10 Å². The maximum atomic E-state index is 9.42. The van der Waals surface area contributed by atoms with Gasteiger partial charge in [-0.25, -0.2) is 4.98 Å². The second kappa shape index (κ2) is 7.22. The molecule has 19 heavy (non-hydrogen) atoms. The summed E-state index contributed by atoms with van der Waals surface area (Å²) in [6.07, 6.45) is 4.67. The van der Waals surface area contributed by atoms with Crippen LogP contribution in [0.5, 0.6) is 0 Å². The van der Waals surface area contributed by atoms with E-state index in [2.05, 4.69) is 18.7 Å². The molecule has 4 nitrogen and oxygen atoms in total. The van der Waals surface area contributed by atoms with Gasteiger partial charge in [-0.1, -0.05) is 24.7 Å². The van der Waals surface area contributed by atoms with Crippen LogP contribution in [0.4, 0.5) is 5.13 Å². The van der Waals surface area contributed by atoms with Crippen molar-refractivity contribution in [2.75, 3.05) is 24.6 Å². The van der Waals surface area contributed by atoms with Crippen LogP contribution < -0.4 is 4.90 Å². The van der Waals surface area contributed by atoms with Crippen LogP contribution in [-0.4, -0.2) is 35.9 Å². The number of hydrogen-bond donors (Lipinski definition) is 1. The molecular formula is C14H24N2O2S. The van der Waals surface area contributed by atoms with Crippen molar-refractivity contribution in [2.24, 2.45) is 0 Å². The maximum Gasteiger partial charge on any atom is 0.185 e. The number of thiazole rings is 1. The Morgan fingerprint density at radius 2 is 2.32 bits per heavy atom. The molecule has 0 aromatic carbocycles. The number of aromatic nitrogens is 1. The fourth-order valence-corrected chi connectivity index (χ4v) is 3.48. The van der Waals surface area contributed by atoms with Crippen LogP contribution in [-0.2, 0) is 17.8 Å². The van der Waals surface area contributed by atoms with Gasteiger partial charge in [-0.15, -0.1) is 0 Å². The van der Waals surface area contributed by atoms with Gasteiger partial charge in [-0.2, -0.15) is 0 Å². The number of likely N-dealkylation sites (N-methyl/N-ethyl adjacent to an activating group) is 1. The first kappa shape index (κ1) is 14.8. The summed E-state index contributed by atoms with van der Waals surface area (Å²) in [5.74, 6) is 0. The van der Waals surface area contributed by atoms with Crippen molar-refractivity contribution in [2.45, 2.75) is 52.2 Å². The Morgan fingerprint density at radius 1 is 1.47 bits per heavy atom. The molecule has 1 aliphatic rings. The van der Waals surface area contributed by atoms with Gasteiger partial charge in [-0.05, 0) is 26.2 Å². The van der Waals surface area contributed by atoms with E-state index in [1.165, 1.54) is 6.42 Å². The Balaban J connectivity index is 2.08. The zero-order valence-electron chi connectivity index (χ0n) is 11.9. The number of aryl methyl sites for hydroxylation is 1. The SMILES string of the molecule is CCCc1nc(N(CC)CC2CCCO2)sc1CO. The third-order valence-electron chi connectivity index (χ3n) is 3.50. The molecule has 2 rings (SSSR count). The van der Waals surface area contributed by atoms with Crippen LogP contribution in [0, 0.1) is 0 Å². The zero-order valence-corrected chi connectivity index (χ0v) is 12.7. The van der Waals surface area contributed by atoms with Gasteiger partial charge in [0.1, 0.15) is 0 Å².